The van der Waals surface area contributed by atoms with E-state index in [2.05, 4.69) is 39.2 Å². The molecule has 0 amide bonds. The van der Waals surface area contributed by atoms with Crippen LogP contribution in [-0.4, -0.2) is 23.6 Å². The van der Waals surface area contributed by atoms with Gasteiger partial charge in [0, 0.05) is 38.7 Å². The van der Waals surface area contributed by atoms with Crippen LogP contribution >= 0.6 is 0 Å². The number of nitrogens with one attached hydrogen (secondary N) is 1. The Labute approximate surface area is 114 Å². The summed E-state index contributed by atoms with van der Waals surface area (Å²) in [6, 6.07) is 8.20. The Morgan fingerprint density at radius 3 is 2.84 bits per heavy atom. The Hall–Kier alpha value is -1.94. The van der Waals surface area contributed by atoms with Crippen molar-refractivity contribution in [1.82, 2.24) is 15.3 Å². The average Bonchev–Trinajstić information content (AvgIpc) is 2.46. The van der Waals surface area contributed by atoms with Crippen molar-refractivity contribution in [2.24, 2.45) is 0 Å². The van der Waals surface area contributed by atoms with E-state index in [4.69, 9.17) is 0 Å². The molecule has 4 nitrogen and oxygen atoms in total. The van der Waals surface area contributed by atoms with Gasteiger partial charge in [-0.15, -0.1) is 0 Å². The molecular weight excluding hydrogens is 236 g/mol. The summed E-state index contributed by atoms with van der Waals surface area (Å²) >= 11 is 0. The second kappa shape index (κ2) is 6.85. The zero-order valence-corrected chi connectivity index (χ0v) is 11.5. The summed E-state index contributed by atoms with van der Waals surface area (Å²) in [4.78, 5) is 10.7. The molecule has 100 valence electrons. The van der Waals surface area contributed by atoms with Crippen molar-refractivity contribution in [2.75, 3.05) is 18.5 Å². The fourth-order valence-corrected chi connectivity index (χ4v) is 1.90. The first-order valence-corrected chi connectivity index (χ1v) is 6.55. The van der Waals surface area contributed by atoms with E-state index in [1.165, 1.54) is 11.1 Å². The lowest BCUT2D eigenvalue weighted by atomic mass is 10.2. The Bertz CT molecular complexity index is 499. The predicted molar refractivity (Wildman–Crippen MR) is 78.0 cm³/mol. The lowest BCUT2D eigenvalue weighted by molar-refractivity contribution is 0.725. The maximum absolute atomic E-state index is 4.42. The molecule has 2 rings (SSSR count). The molecule has 0 fully saturated rings. The van der Waals surface area contributed by atoms with Gasteiger partial charge in [-0.2, -0.15) is 0 Å². The average molecular weight is 256 g/mol. The molecule has 2 aromatic heterocycles. The summed E-state index contributed by atoms with van der Waals surface area (Å²) in [5.41, 5.74) is 2.44. The fraction of sp³-hybridized carbons (Fsp3) is 0.333. The number of pyridine rings is 2. The normalized spacial score (nSPS) is 10.4. The first-order chi connectivity index (χ1) is 9.29. The van der Waals surface area contributed by atoms with Crippen LogP contribution in [-0.2, 0) is 13.1 Å². The summed E-state index contributed by atoms with van der Waals surface area (Å²) in [6.07, 6.45) is 5.54. The van der Waals surface area contributed by atoms with Crippen LogP contribution in [0.3, 0.4) is 0 Å². The topological polar surface area (TPSA) is 41.1 Å². The third-order valence-electron chi connectivity index (χ3n) is 2.92. The van der Waals surface area contributed by atoms with E-state index in [0.717, 1.165) is 25.5 Å². The maximum Gasteiger partial charge on any atom is 0.128 e. The lowest BCUT2D eigenvalue weighted by Gasteiger charge is -2.18. The van der Waals surface area contributed by atoms with E-state index in [0.29, 0.717) is 0 Å². The largest absolute Gasteiger partial charge is 0.355 e. The quantitative estimate of drug-likeness (QED) is 0.860. The van der Waals surface area contributed by atoms with Gasteiger partial charge in [0.25, 0.3) is 0 Å². The predicted octanol–water partition coefficient (Wildman–Crippen LogP) is 2.22. The molecule has 0 aliphatic carbocycles. The van der Waals surface area contributed by atoms with E-state index >= 15 is 0 Å². The Morgan fingerprint density at radius 2 is 2.11 bits per heavy atom. The SMILES string of the molecule is CCNCc1ccnc(N(C)Cc2cccnc2)c1. The molecular formula is C15H20N4. The van der Waals surface area contributed by atoms with Crippen molar-refractivity contribution >= 4 is 5.82 Å². The highest BCUT2D eigenvalue weighted by molar-refractivity contribution is 5.40. The molecule has 0 saturated carbocycles. The number of aromatic nitrogens is 2. The van der Waals surface area contributed by atoms with Gasteiger partial charge < -0.3 is 10.2 Å². The minimum Gasteiger partial charge on any atom is -0.355 e. The second-order valence-electron chi connectivity index (χ2n) is 4.52. The van der Waals surface area contributed by atoms with Crippen LogP contribution in [0.2, 0.25) is 0 Å². The zero-order valence-electron chi connectivity index (χ0n) is 11.5. The number of nitrogens with zero attached hydrogens (tertiary/aromatic N) is 3. The molecule has 0 aliphatic heterocycles. The van der Waals surface area contributed by atoms with E-state index in [9.17, 15) is 0 Å². The van der Waals surface area contributed by atoms with Crippen molar-refractivity contribution in [3.63, 3.8) is 0 Å². The van der Waals surface area contributed by atoms with Crippen molar-refractivity contribution in [1.29, 1.82) is 0 Å². The van der Waals surface area contributed by atoms with Gasteiger partial charge in [-0.05, 0) is 35.9 Å². The number of hydrogen-bond donors (Lipinski definition) is 1. The van der Waals surface area contributed by atoms with Crippen molar-refractivity contribution < 1.29 is 0 Å². The minimum atomic E-state index is 0.811. The molecule has 0 spiro atoms. The molecule has 19 heavy (non-hydrogen) atoms. The summed E-state index contributed by atoms with van der Waals surface area (Å²) in [7, 11) is 2.05. The van der Waals surface area contributed by atoms with Crippen molar-refractivity contribution in [3.8, 4) is 0 Å². The minimum absolute atomic E-state index is 0.811. The molecule has 0 saturated heterocycles. The van der Waals surface area contributed by atoms with E-state index in [-0.39, 0.29) is 0 Å². The maximum atomic E-state index is 4.42. The highest BCUT2D eigenvalue weighted by atomic mass is 15.2. The van der Waals surface area contributed by atoms with Crippen LogP contribution in [0, 0.1) is 0 Å². The highest BCUT2D eigenvalue weighted by Crippen LogP contribution is 2.13. The van der Waals surface area contributed by atoms with Crippen LogP contribution in [0.1, 0.15) is 18.1 Å². The monoisotopic (exact) mass is 256 g/mol. The molecule has 4 heteroatoms. The standard InChI is InChI=1S/C15H20N4/c1-3-16-10-13-6-8-18-15(9-13)19(2)12-14-5-4-7-17-11-14/h4-9,11,16H,3,10,12H2,1-2H3. The third kappa shape index (κ3) is 4.03. The summed E-state index contributed by atoms with van der Waals surface area (Å²) < 4.78 is 0. The molecule has 0 bridgehead atoms. The van der Waals surface area contributed by atoms with Crippen molar-refractivity contribution in [2.45, 2.75) is 20.0 Å². The van der Waals surface area contributed by atoms with Crippen LogP contribution in [0.25, 0.3) is 0 Å². The first kappa shape index (κ1) is 13.5. The highest BCUT2D eigenvalue weighted by Gasteiger charge is 2.04. The Balaban J connectivity index is 2.04. The number of anilines is 1. The van der Waals surface area contributed by atoms with E-state index in [1.54, 1.807) is 6.20 Å². The third-order valence-corrected chi connectivity index (χ3v) is 2.92. The van der Waals surface area contributed by atoms with E-state index in [1.807, 2.05) is 31.6 Å². The van der Waals surface area contributed by atoms with Gasteiger partial charge in [0.1, 0.15) is 5.82 Å². The van der Waals surface area contributed by atoms with Crippen LogP contribution in [0.5, 0.6) is 0 Å². The second-order valence-corrected chi connectivity index (χ2v) is 4.52. The summed E-state index contributed by atoms with van der Waals surface area (Å²) in [5, 5.41) is 3.32. The molecule has 0 unspecified atom stereocenters. The van der Waals surface area contributed by atoms with Crippen LogP contribution in [0.4, 0.5) is 5.82 Å². The van der Waals surface area contributed by atoms with Gasteiger partial charge in [0.15, 0.2) is 0 Å². The van der Waals surface area contributed by atoms with Gasteiger partial charge >= 0.3 is 0 Å². The first-order valence-electron chi connectivity index (χ1n) is 6.55. The molecule has 2 heterocycles. The fourth-order valence-electron chi connectivity index (χ4n) is 1.90. The van der Waals surface area contributed by atoms with Gasteiger partial charge in [-0.3, -0.25) is 4.98 Å². The smallest absolute Gasteiger partial charge is 0.128 e. The zero-order chi connectivity index (χ0) is 13.5. The van der Waals surface area contributed by atoms with Gasteiger partial charge in [-0.25, -0.2) is 4.98 Å². The molecule has 2 aromatic rings. The van der Waals surface area contributed by atoms with E-state index < -0.39 is 0 Å². The van der Waals surface area contributed by atoms with Crippen LogP contribution in [0.15, 0.2) is 42.9 Å². The molecule has 0 atom stereocenters. The number of hydrogen-bond acceptors (Lipinski definition) is 4. The van der Waals surface area contributed by atoms with Gasteiger partial charge in [0.2, 0.25) is 0 Å². The van der Waals surface area contributed by atoms with Gasteiger partial charge in [-0.1, -0.05) is 13.0 Å². The molecule has 0 radical (unpaired) electrons. The Kier molecular flexibility index (Phi) is 4.86. The summed E-state index contributed by atoms with van der Waals surface area (Å²) in [5.74, 6) is 0.985. The number of rotatable bonds is 6. The molecule has 0 aromatic carbocycles. The lowest BCUT2D eigenvalue weighted by Crippen LogP contribution is -2.18. The Morgan fingerprint density at radius 1 is 1.21 bits per heavy atom. The molecule has 1 N–H and O–H groups in total. The molecule has 0 aliphatic rings. The summed E-state index contributed by atoms with van der Waals surface area (Å²) in [6.45, 7) is 4.78. The van der Waals surface area contributed by atoms with Gasteiger partial charge in [0.05, 0.1) is 0 Å². The van der Waals surface area contributed by atoms with Crippen molar-refractivity contribution in [3.05, 3.63) is 54.0 Å². The van der Waals surface area contributed by atoms with Crippen LogP contribution < -0.4 is 10.2 Å².